The Hall–Kier alpha value is -1.84. The summed E-state index contributed by atoms with van der Waals surface area (Å²) in [5, 5.41) is 0. The molecule has 0 atom stereocenters. The number of carbonyl (C=O) groups is 1. The van der Waals surface area contributed by atoms with Gasteiger partial charge in [0.05, 0.1) is 0 Å². The van der Waals surface area contributed by atoms with Gasteiger partial charge in [0, 0.05) is 0 Å². The van der Waals surface area contributed by atoms with E-state index in [0.29, 0.717) is 12.2 Å². The normalized spacial score (nSPS) is 14.6. The van der Waals surface area contributed by atoms with E-state index in [9.17, 15) is 4.79 Å². The second-order valence-corrected chi connectivity index (χ2v) is 9.47. The first-order valence-corrected chi connectivity index (χ1v) is 10.8. The Morgan fingerprint density at radius 1 is 1.08 bits per heavy atom. The van der Waals surface area contributed by atoms with Gasteiger partial charge in [-0.05, 0) is 0 Å². The van der Waals surface area contributed by atoms with Crippen LogP contribution in [0.25, 0.3) is 0 Å². The van der Waals surface area contributed by atoms with E-state index >= 15 is 0 Å². The molecule has 0 fully saturated rings. The van der Waals surface area contributed by atoms with Gasteiger partial charge < -0.3 is 0 Å². The van der Waals surface area contributed by atoms with Gasteiger partial charge in [-0.25, -0.2) is 0 Å². The number of hydrogen-bond acceptors (Lipinski definition) is 3. The predicted octanol–water partition coefficient (Wildman–Crippen LogP) is 4.45. The van der Waals surface area contributed by atoms with Crippen LogP contribution in [0.3, 0.4) is 0 Å². The van der Waals surface area contributed by atoms with Crippen LogP contribution < -0.4 is 0 Å². The van der Waals surface area contributed by atoms with Gasteiger partial charge in [-0.1, -0.05) is 0 Å². The number of benzene rings is 2. The zero-order valence-electron chi connectivity index (χ0n) is 13.7. The van der Waals surface area contributed by atoms with Gasteiger partial charge in [-0.3, -0.25) is 0 Å². The van der Waals surface area contributed by atoms with Crippen LogP contribution in [0.2, 0.25) is 0 Å². The van der Waals surface area contributed by atoms with E-state index in [4.69, 9.17) is 7.80 Å². The summed E-state index contributed by atoms with van der Waals surface area (Å²) in [6.45, 7) is 4.51. The number of halogens is 1. The molecule has 24 heavy (non-hydrogen) atoms. The van der Waals surface area contributed by atoms with Crippen molar-refractivity contribution in [2.45, 2.75) is 25.9 Å². The van der Waals surface area contributed by atoms with Crippen molar-refractivity contribution >= 4 is 26.2 Å². The van der Waals surface area contributed by atoms with Crippen molar-refractivity contribution in [3.05, 3.63) is 69.3 Å². The molecule has 1 aliphatic heterocycles. The SMILES string of the molecule is CC(C)(C#CI1OC(=O)c2ccccc21)OCCc1ccccc1. The summed E-state index contributed by atoms with van der Waals surface area (Å²) >= 11 is -2.21. The van der Waals surface area contributed by atoms with Crippen LogP contribution in [0, 0.1) is 13.4 Å². The first-order chi connectivity index (χ1) is 11.6. The molecule has 0 bridgehead atoms. The van der Waals surface area contributed by atoms with Crippen LogP contribution >= 0.6 is 20.2 Å². The van der Waals surface area contributed by atoms with Crippen molar-refractivity contribution < 1.29 is 12.6 Å². The van der Waals surface area contributed by atoms with E-state index in [1.807, 2.05) is 50.2 Å². The first-order valence-electron chi connectivity index (χ1n) is 7.77. The van der Waals surface area contributed by atoms with Gasteiger partial charge in [-0.15, -0.1) is 0 Å². The third kappa shape index (κ3) is 4.16. The zero-order valence-corrected chi connectivity index (χ0v) is 15.9. The van der Waals surface area contributed by atoms with E-state index in [0.717, 1.165) is 9.99 Å². The first kappa shape index (κ1) is 17.0. The van der Waals surface area contributed by atoms with Gasteiger partial charge in [-0.2, -0.15) is 0 Å². The van der Waals surface area contributed by atoms with Crippen LogP contribution in [-0.2, 0) is 14.2 Å². The molecule has 2 aromatic carbocycles. The fourth-order valence-corrected chi connectivity index (χ4v) is 5.89. The summed E-state index contributed by atoms with van der Waals surface area (Å²) in [5.74, 6) is 2.93. The molecule has 124 valence electrons. The molecular formula is C20H19IO3. The van der Waals surface area contributed by atoms with Crippen molar-refractivity contribution in [1.82, 2.24) is 0 Å². The van der Waals surface area contributed by atoms with Crippen LogP contribution in [-0.4, -0.2) is 18.2 Å². The number of rotatable bonds is 4. The average Bonchev–Trinajstić information content (AvgIpc) is 2.91. The molecule has 0 radical (unpaired) electrons. The molecule has 2 aromatic rings. The zero-order chi connectivity index (χ0) is 17.0. The molecule has 0 saturated heterocycles. The number of ether oxygens (including phenoxy) is 1. The van der Waals surface area contributed by atoms with Crippen molar-refractivity contribution in [2.24, 2.45) is 0 Å². The Bertz CT molecular complexity index is 787. The van der Waals surface area contributed by atoms with Crippen LogP contribution in [0.5, 0.6) is 0 Å². The third-order valence-corrected chi connectivity index (χ3v) is 7.15. The minimum atomic E-state index is -2.21. The Balaban J connectivity index is 1.61. The molecule has 0 N–H and O–H groups in total. The number of hydrogen-bond donors (Lipinski definition) is 0. The molecule has 3 nitrogen and oxygen atoms in total. The topological polar surface area (TPSA) is 35.5 Å². The summed E-state index contributed by atoms with van der Waals surface area (Å²) in [4.78, 5) is 11.8. The Labute approximate surface area is 150 Å². The molecule has 1 heterocycles. The van der Waals surface area contributed by atoms with Crippen molar-refractivity contribution in [1.29, 1.82) is 0 Å². The fourth-order valence-electron chi connectivity index (χ4n) is 2.26. The van der Waals surface area contributed by atoms with Crippen molar-refractivity contribution in [2.75, 3.05) is 6.61 Å². The van der Waals surface area contributed by atoms with E-state index < -0.39 is 25.8 Å². The molecule has 0 saturated carbocycles. The summed E-state index contributed by atoms with van der Waals surface area (Å²) in [6.07, 6.45) is 0.853. The monoisotopic (exact) mass is 434 g/mol. The fraction of sp³-hybridized carbons (Fsp3) is 0.250. The van der Waals surface area contributed by atoms with Gasteiger partial charge in [0.25, 0.3) is 0 Å². The van der Waals surface area contributed by atoms with Gasteiger partial charge in [0.1, 0.15) is 0 Å². The maximum atomic E-state index is 11.8. The third-order valence-electron chi connectivity index (χ3n) is 3.56. The van der Waals surface area contributed by atoms with Crippen LogP contribution in [0.1, 0.15) is 29.8 Å². The second kappa shape index (κ2) is 7.37. The molecule has 0 aromatic heterocycles. The molecule has 0 aliphatic carbocycles. The van der Waals surface area contributed by atoms with Gasteiger partial charge in [0.2, 0.25) is 0 Å². The molecular weight excluding hydrogens is 415 g/mol. The predicted molar refractivity (Wildman–Crippen MR) is 103 cm³/mol. The van der Waals surface area contributed by atoms with E-state index in [-0.39, 0.29) is 5.97 Å². The van der Waals surface area contributed by atoms with Gasteiger partial charge >= 0.3 is 150 Å². The van der Waals surface area contributed by atoms with E-state index in [1.165, 1.54) is 5.56 Å². The summed E-state index contributed by atoms with van der Waals surface area (Å²) in [7, 11) is 0. The Kier molecular flexibility index (Phi) is 5.22. The van der Waals surface area contributed by atoms with Crippen LogP contribution in [0.15, 0.2) is 54.6 Å². The van der Waals surface area contributed by atoms with Crippen molar-refractivity contribution in [3.8, 4) is 9.85 Å². The summed E-state index contributed by atoms with van der Waals surface area (Å²) in [5.41, 5.74) is 1.35. The molecule has 0 amide bonds. The Morgan fingerprint density at radius 2 is 1.79 bits per heavy atom. The number of fused-ring (bicyclic) bond motifs is 1. The van der Waals surface area contributed by atoms with Crippen molar-refractivity contribution in [3.63, 3.8) is 0 Å². The quantitative estimate of drug-likeness (QED) is 0.527. The van der Waals surface area contributed by atoms with E-state index in [2.05, 4.69) is 22.0 Å². The minimum absolute atomic E-state index is 0.243. The Morgan fingerprint density at radius 3 is 2.58 bits per heavy atom. The summed E-state index contributed by atoms with van der Waals surface area (Å²) in [6, 6.07) is 17.8. The van der Waals surface area contributed by atoms with E-state index in [1.54, 1.807) is 6.07 Å². The molecule has 0 spiro atoms. The van der Waals surface area contributed by atoms with Crippen LogP contribution in [0.4, 0.5) is 0 Å². The second-order valence-electron chi connectivity index (χ2n) is 5.91. The molecule has 1 aliphatic rings. The number of carbonyl (C=O) groups excluding carboxylic acids is 1. The average molecular weight is 434 g/mol. The maximum absolute atomic E-state index is 11.8. The molecule has 0 unspecified atom stereocenters. The standard InChI is InChI=1S/C20H19IO3/c1-20(2,23-15-12-16-8-4-3-5-9-16)13-14-21-18-11-7-6-10-17(18)19(22)24-21/h3-11H,12,15H2,1-2H3. The molecule has 3 rings (SSSR count). The van der Waals surface area contributed by atoms with Gasteiger partial charge in [0.15, 0.2) is 0 Å². The molecule has 4 heteroatoms. The summed E-state index contributed by atoms with van der Waals surface area (Å²) < 4.78 is 15.6.